The van der Waals surface area contributed by atoms with E-state index >= 15 is 0 Å². The third-order valence-corrected chi connectivity index (χ3v) is 6.96. The van der Waals surface area contributed by atoms with Gasteiger partial charge in [-0.05, 0) is 45.4 Å². The molecular formula is C16H21N3O4S2. The first-order chi connectivity index (χ1) is 11.6. The topological polar surface area (TPSA) is 103 Å². The van der Waals surface area contributed by atoms with Crippen LogP contribution >= 0.6 is 11.3 Å². The first-order valence-electron chi connectivity index (χ1n) is 7.94. The predicted molar refractivity (Wildman–Crippen MR) is 97.4 cm³/mol. The van der Waals surface area contributed by atoms with Crippen molar-refractivity contribution in [1.82, 2.24) is 9.88 Å². The Bertz CT molecular complexity index is 915. The van der Waals surface area contributed by atoms with Gasteiger partial charge in [0.25, 0.3) is 0 Å². The maximum absolute atomic E-state index is 12.9. The summed E-state index contributed by atoms with van der Waals surface area (Å²) in [5, 5.41) is -0.232. The summed E-state index contributed by atoms with van der Waals surface area (Å²) in [7, 11) is -3.54. The lowest BCUT2D eigenvalue weighted by Crippen LogP contribution is -2.36. The predicted octanol–water partition coefficient (Wildman–Crippen LogP) is 2.66. The summed E-state index contributed by atoms with van der Waals surface area (Å²) in [6.07, 6.45) is -0.0827. The smallest absolute Gasteiger partial charge is 0.410 e. The monoisotopic (exact) mass is 383 g/mol. The molecule has 1 aliphatic heterocycles. The van der Waals surface area contributed by atoms with E-state index in [1.165, 1.54) is 16.2 Å². The van der Waals surface area contributed by atoms with Crippen LogP contribution in [0.4, 0.5) is 9.93 Å². The number of fused-ring (bicyclic) bond motifs is 1. The summed E-state index contributed by atoms with van der Waals surface area (Å²) in [4.78, 5) is 18.0. The molecule has 25 heavy (non-hydrogen) atoms. The molecule has 2 N–H and O–H groups in total. The van der Waals surface area contributed by atoms with Crippen molar-refractivity contribution in [1.29, 1.82) is 0 Å². The number of carbonyl (C=O) groups excluding carboxylic acids is 1. The molecule has 9 heteroatoms. The lowest BCUT2D eigenvalue weighted by atomic mass is 10.2. The Kier molecular flexibility index (Phi) is 4.40. The molecule has 1 amide bonds. The summed E-state index contributed by atoms with van der Waals surface area (Å²) in [6.45, 7) is 5.86. The Labute approximate surface area is 150 Å². The standard InChI is InChI=1S/C16H21N3O4S2/c1-16(2,3)23-15(20)19-7-6-11(9-19)25(21,22)10-4-5-12-13(8-10)24-14(17)18-12/h4-5,8,11H,6-7,9H2,1-3H3,(H2,17,18)/t11-/m0/s1. The highest BCUT2D eigenvalue weighted by atomic mass is 32.2. The number of amides is 1. The number of rotatable bonds is 2. The Morgan fingerprint density at radius 1 is 1.40 bits per heavy atom. The second-order valence-corrected chi connectivity index (χ2v) is 10.4. The van der Waals surface area contributed by atoms with Gasteiger partial charge in [-0.25, -0.2) is 18.2 Å². The van der Waals surface area contributed by atoms with Gasteiger partial charge in [-0.1, -0.05) is 11.3 Å². The van der Waals surface area contributed by atoms with Crippen LogP contribution in [0.5, 0.6) is 0 Å². The van der Waals surface area contributed by atoms with Gasteiger partial charge in [0.1, 0.15) is 5.60 Å². The largest absolute Gasteiger partial charge is 0.444 e. The molecule has 7 nitrogen and oxygen atoms in total. The zero-order valence-electron chi connectivity index (χ0n) is 14.4. The normalized spacial score (nSPS) is 18.7. The fourth-order valence-corrected chi connectivity index (χ4v) is 5.33. The highest BCUT2D eigenvalue weighted by Crippen LogP contribution is 2.30. The van der Waals surface area contributed by atoms with Gasteiger partial charge in [-0.3, -0.25) is 0 Å². The molecule has 2 aromatic rings. The van der Waals surface area contributed by atoms with Gasteiger partial charge >= 0.3 is 6.09 Å². The average Bonchev–Trinajstić information content (AvgIpc) is 3.10. The van der Waals surface area contributed by atoms with Gasteiger partial charge in [0.2, 0.25) is 0 Å². The number of nitrogens with zero attached hydrogens (tertiary/aromatic N) is 2. The van der Waals surface area contributed by atoms with E-state index in [0.29, 0.717) is 23.6 Å². The van der Waals surface area contributed by atoms with E-state index in [1.807, 2.05) is 0 Å². The number of aromatic nitrogens is 1. The van der Waals surface area contributed by atoms with Crippen molar-refractivity contribution < 1.29 is 17.9 Å². The molecule has 1 fully saturated rings. The van der Waals surface area contributed by atoms with Crippen LogP contribution in [0.1, 0.15) is 27.2 Å². The van der Waals surface area contributed by atoms with Crippen molar-refractivity contribution in [2.45, 2.75) is 42.9 Å². The number of ether oxygens (including phenoxy) is 1. The average molecular weight is 383 g/mol. The molecule has 0 spiro atoms. The molecule has 1 aromatic heterocycles. The van der Waals surface area contributed by atoms with E-state index in [1.54, 1.807) is 39.0 Å². The minimum Gasteiger partial charge on any atom is -0.444 e. The summed E-state index contributed by atoms with van der Waals surface area (Å²) in [5.41, 5.74) is 5.75. The van der Waals surface area contributed by atoms with Crippen molar-refractivity contribution in [3.63, 3.8) is 0 Å². The van der Waals surface area contributed by atoms with Crippen molar-refractivity contribution in [2.75, 3.05) is 18.8 Å². The van der Waals surface area contributed by atoms with Crippen molar-refractivity contribution >= 4 is 42.6 Å². The molecule has 0 bridgehead atoms. The number of thiazole rings is 1. The van der Waals surface area contributed by atoms with Crippen LogP contribution < -0.4 is 5.73 Å². The van der Waals surface area contributed by atoms with Crippen LogP contribution in [0.15, 0.2) is 23.1 Å². The van der Waals surface area contributed by atoms with E-state index in [-0.39, 0.29) is 11.4 Å². The van der Waals surface area contributed by atoms with Crippen molar-refractivity contribution in [3.8, 4) is 0 Å². The molecule has 0 saturated carbocycles. The molecule has 136 valence electrons. The SMILES string of the molecule is CC(C)(C)OC(=O)N1CC[C@H](S(=O)(=O)c2ccc3nc(N)sc3c2)C1. The van der Waals surface area contributed by atoms with E-state index in [2.05, 4.69) is 4.98 Å². The Morgan fingerprint density at radius 2 is 2.12 bits per heavy atom. The van der Waals surface area contributed by atoms with Crippen LogP contribution in [-0.4, -0.2) is 48.3 Å². The number of likely N-dealkylation sites (tertiary alicyclic amines) is 1. The number of hydrogen-bond donors (Lipinski definition) is 1. The first kappa shape index (κ1) is 17.9. The second kappa shape index (κ2) is 6.14. The summed E-state index contributed by atoms with van der Waals surface area (Å²) < 4.78 is 31.9. The second-order valence-electron chi connectivity index (χ2n) is 7.06. The van der Waals surface area contributed by atoms with Gasteiger partial charge in [-0.15, -0.1) is 0 Å². The molecule has 1 aliphatic rings. The molecular weight excluding hydrogens is 362 g/mol. The third-order valence-electron chi connectivity index (χ3n) is 3.94. The number of nitrogen functional groups attached to an aromatic ring is 1. The van der Waals surface area contributed by atoms with E-state index in [0.717, 1.165) is 4.70 Å². The molecule has 1 atom stereocenters. The van der Waals surface area contributed by atoms with Crippen LogP contribution in [0.3, 0.4) is 0 Å². The summed E-state index contributed by atoms with van der Waals surface area (Å²) in [5.74, 6) is 0. The van der Waals surface area contributed by atoms with Crippen LogP contribution in [0, 0.1) is 0 Å². The van der Waals surface area contributed by atoms with Crippen LogP contribution in [0.2, 0.25) is 0 Å². The molecule has 0 unspecified atom stereocenters. The zero-order valence-corrected chi connectivity index (χ0v) is 16.0. The molecule has 3 rings (SSSR count). The number of carbonyl (C=O) groups is 1. The highest BCUT2D eigenvalue weighted by Gasteiger charge is 2.37. The third kappa shape index (κ3) is 3.72. The van der Waals surface area contributed by atoms with Gasteiger partial charge in [-0.2, -0.15) is 0 Å². The molecule has 2 heterocycles. The summed E-state index contributed by atoms with van der Waals surface area (Å²) in [6, 6.07) is 4.82. The molecule has 1 aromatic carbocycles. The Hall–Kier alpha value is -1.87. The van der Waals surface area contributed by atoms with Gasteiger partial charge in [0, 0.05) is 13.1 Å². The van der Waals surface area contributed by atoms with Gasteiger partial charge < -0.3 is 15.4 Å². The van der Waals surface area contributed by atoms with Crippen LogP contribution in [-0.2, 0) is 14.6 Å². The fraction of sp³-hybridized carbons (Fsp3) is 0.500. The minimum atomic E-state index is -3.54. The zero-order chi connectivity index (χ0) is 18.4. The van der Waals surface area contributed by atoms with Crippen LogP contribution in [0.25, 0.3) is 10.2 Å². The molecule has 1 saturated heterocycles. The quantitative estimate of drug-likeness (QED) is 0.855. The highest BCUT2D eigenvalue weighted by molar-refractivity contribution is 7.92. The number of benzene rings is 1. The Balaban J connectivity index is 1.79. The number of hydrogen-bond acceptors (Lipinski definition) is 7. The van der Waals surface area contributed by atoms with Crippen molar-refractivity contribution in [3.05, 3.63) is 18.2 Å². The number of nitrogens with two attached hydrogens (primary N) is 1. The number of sulfone groups is 1. The fourth-order valence-electron chi connectivity index (χ4n) is 2.77. The Morgan fingerprint density at radius 3 is 2.80 bits per heavy atom. The maximum Gasteiger partial charge on any atom is 0.410 e. The lowest BCUT2D eigenvalue weighted by Gasteiger charge is -2.24. The summed E-state index contributed by atoms with van der Waals surface area (Å²) >= 11 is 1.25. The van der Waals surface area contributed by atoms with E-state index < -0.39 is 26.8 Å². The van der Waals surface area contributed by atoms with Gasteiger partial charge in [0.05, 0.1) is 20.4 Å². The van der Waals surface area contributed by atoms with Gasteiger partial charge in [0.15, 0.2) is 15.0 Å². The molecule has 0 radical (unpaired) electrons. The van der Waals surface area contributed by atoms with E-state index in [9.17, 15) is 13.2 Å². The first-order valence-corrected chi connectivity index (χ1v) is 10.3. The minimum absolute atomic E-state index is 0.139. The lowest BCUT2D eigenvalue weighted by molar-refractivity contribution is 0.0295. The maximum atomic E-state index is 12.9. The van der Waals surface area contributed by atoms with Crippen molar-refractivity contribution in [2.24, 2.45) is 0 Å². The number of anilines is 1. The molecule has 0 aliphatic carbocycles. The van der Waals surface area contributed by atoms with E-state index in [4.69, 9.17) is 10.5 Å².